The second-order valence-corrected chi connectivity index (χ2v) is 8.51. The third-order valence-electron chi connectivity index (χ3n) is 4.86. The summed E-state index contributed by atoms with van der Waals surface area (Å²) < 4.78 is 19.2. The van der Waals surface area contributed by atoms with E-state index in [9.17, 15) is 4.79 Å². The molecule has 0 bridgehead atoms. The molecule has 0 fully saturated rings. The number of rotatable bonds is 9. The maximum absolute atomic E-state index is 13.1. The van der Waals surface area contributed by atoms with Crippen LogP contribution in [0.3, 0.4) is 0 Å². The Morgan fingerprint density at radius 2 is 1.70 bits per heavy atom. The molecule has 7 nitrogen and oxygen atoms in total. The SMILES string of the molecule is CCOc1cc(C(=O)Nc2cccc(-c3cn4cc(C)sc4n3)c2)cc(OCC)c1OCC. The minimum atomic E-state index is -0.265. The quantitative estimate of drug-likeness (QED) is 0.337. The van der Waals surface area contributed by atoms with Gasteiger partial charge in [0, 0.05) is 34.1 Å². The lowest BCUT2D eigenvalue weighted by molar-refractivity contribution is 0.102. The molecule has 0 atom stereocenters. The number of hydrogen-bond acceptors (Lipinski definition) is 6. The van der Waals surface area contributed by atoms with E-state index in [-0.39, 0.29) is 5.91 Å². The molecule has 0 saturated heterocycles. The van der Waals surface area contributed by atoms with Gasteiger partial charge in [-0.2, -0.15) is 0 Å². The number of thiazole rings is 1. The van der Waals surface area contributed by atoms with E-state index >= 15 is 0 Å². The zero-order valence-corrected chi connectivity index (χ0v) is 20.0. The van der Waals surface area contributed by atoms with E-state index in [0.717, 1.165) is 16.2 Å². The molecule has 8 heteroatoms. The van der Waals surface area contributed by atoms with E-state index in [0.29, 0.717) is 48.3 Å². The number of aryl methyl sites for hydroxylation is 1. The number of carbonyl (C=O) groups is 1. The van der Waals surface area contributed by atoms with Crippen LogP contribution in [0.1, 0.15) is 36.0 Å². The molecule has 2 aromatic carbocycles. The van der Waals surface area contributed by atoms with Crippen LogP contribution in [0, 0.1) is 6.92 Å². The molecule has 0 aliphatic carbocycles. The molecule has 0 saturated carbocycles. The van der Waals surface area contributed by atoms with Crippen molar-refractivity contribution in [2.24, 2.45) is 0 Å². The average Bonchev–Trinajstić information content (AvgIpc) is 3.34. The van der Waals surface area contributed by atoms with Crippen LogP contribution in [0.5, 0.6) is 17.2 Å². The monoisotopic (exact) mass is 465 g/mol. The van der Waals surface area contributed by atoms with Gasteiger partial charge in [-0.1, -0.05) is 12.1 Å². The Labute approximate surface area is 196 Å². The molecule has 0 aliphatic heterocycles. The number of aromatic nitrogens is 2. The number of ether oxygens (including phenoxy) is 3. The van der Waals surface area contributed by atoms with E-state index < -0.39 is 0 Å². The lowest BCUT2D eigenvalue weighted by Crippen LogP contribution is -2.13. The first-order valence-corrected chi connectivity index (χ1v) is 11.8. The highest BCUT2D eigenvalue weighted by Gasteiger charge is 2.19. The van der Waals surface area contributed by atoms with Crippen molar-refractivity contribution in [3.8, 4) is 28.5 Å². The number of imidazole rings is 1. The van der Waals surface area contributed by atoms with Gasteiger partial charge < -0.3 is 19.5 Å². The van der Waals surface area contributed by atoms with Crippen molar-refractivity contribution < 1.29 is 19.0 Å². The van der Waals surface area contributed by atoms with Crippen LogP contribution in [0.4, 0.5) is 5.69 Å². The van der Waals surface area contributed by atoms with Crippen LogP contribution in [-0.4, -0.2) is 35.1 Å². The maximum atomic E-state index is 13.1. The summed E-state index contributed by atoms with van der Waals surface area (Å²) in [5.74, 6) is 1.21. The van der Waals surface area contributed by atoms with Crippen LogP contribution in [0.25, 0.3) is 16.2 Å². The fourth-order valence-electron chi connectivity index (χ4n) is 3.53. The first-order valence-electron chi connectivity index (χ1n) is 11.0. The Morgan fingerprint density at radius 3 is 2.33 bits per heavy atom. The predicted molar refractivity (Wildman–Crippen MR) is 131 cm³/mol. The topological polar surface area (TPSA) is 74.1 Å². The van der Waals surface area contributed by atoms with Crippen molar-refractivity contribution in [2.75, 3.05) is 25.1 Å². The number of hydrogen-bond donors (Lipinski definition) is 1. The molecule has 1 N–H and O–H groups in total. The van der Waals surface area contributed by atoms with Crippen molar-refractivity contribution >= 4 is 27.9 Å². The predicted octanol–water partition coefficient (Wildman–Crippen LogP) is 5.82. The van der Waals surface area contributed by atoms with Gasteiger partial charge in [-0.05, 0) is 52.0 Å². The third kappa shape index (κ3) is 4.96. The van der Waals surface area contributed by atoms with Crippen LogP contribution >= 0.6 is 11.3 Å². The van der Waals surface area contributed by atoms with Crippen molar-refractivity contribution in [2.45, 2.75) is 27.7 Å². The van der Waals surface area contributed by atoms with E-state index in [1.807, 2.05) is 55.6 Å². The lowest BCUT2D eigenvalue weighted by Gasteiger charge is -2.17. The molecule has 1 amide bonds. The summed E-state index contributed by atoms with van der Waals surface area (Å²) in [6, 6.07) is 11.0. The number of nitrogens with one attached hydrogen (secondary N) is 1. The van der Waals surface area contributed by atoms with Gasteiger partial charge in [0.05, 0.1) is 25.5 Å². The largest absolute Gasteiger partial charge is 0.490 e. The van der Waals surface area contributed by atoms with Crippen LogP contribution in [0.2, 0.25) is 0 Å². The van der Waals surface area contributed by atoms with E-state index in [2.05, 4.69) is 18.4 Å². The second kappa shape index (κ2) is 9.95. The van der Waals surface area contributed by atoms with Gasteiger partial charge in [0.1, 0.15) is 0 Å². The third-order valence-corrected chi connectivity index (χ3v) is 5.77. The van der Waals surface area contributed by atoms with Gasteiger partial charge in [-0.15, -0.1) is 11.3 Å². The lowest BCUT2D eigenvalue weighted by atomic mass is 10.1. The molecule has 0 aliphatic rings. The molecular weight excluding hydrogens is 438 g/mol. The molecule has 4 aromatic rings. The van der Waals surface area contributed by atoms with Crippen LogP contribution < -0.4 is 19.5 Å². The molecule has 172 valence electrons. The van der Waals surface area contributed by atoms with Gasteiger partial charge in [-0.25, -0.2) is 4.98 Å². The number of nitrogens with zero attached hydrogens (tertiary/aromatic N) is 2. The number of fused-ring (bicyclic) bond motifs is 1. The normalized spacial score (nSPS) is 10.9. The summed E-state index contributed by atoms with van der Waals surface area (Å²) >= 11 is 1.64. The number of anilines is 1. The summed E-state index contributed by atoms with van der Waals surface area (Å²) in [5.41, 5.74) is 2.89. The van der Waals surface area contributed by atoms with Crippen molar-refractivity contribution in [1.29, 1.82) is 0 Å². The van der Waals surface area contributed by atoms with E-state index in [4.69, 9.17) is 19.2 Å². The first kappa shape index (κ1) is 22.7. The number of benzene rings is 2. The summed E-state index contributed by atoms with van der Waals surface area (Å²) in [4.78, 5) is 19.9. The Balaban J connectivity index is 1.61. The fourth-order valence-corrected chi connectivity index (χ4v) is 4.34. The van der Waals surface area contributed by atoms with E-state index in [1.54, 1.807) is 23.5 Å². The smallest absolute Gasteiger partial charge is 0.255 e. The molecule has 0 radical (unpaired) electrons. The fraction of sp³-hybridized carbons (Fsp3) is 0.280. The van der Waals surface area contributed by atoms with Gasteiger partial charge in [-0.3, -0.25) is 9.20 Å². The summed E-state index contributed by atoms with van der Waals surface area (Å²) in [7, 11) is 0. The van der Waals surface area contributed by atoms with Crippen molar-refractivity contribution in [1.82, 2.24) is 9.38 Å². The zero-order chi connectivity index (χ0) is 23.4. The highest BCUT2D eigenvalue weighted by molar-refractivity contribution is 7.17. The Hall–Kier alpha value is -3.52. The Morgan fingerprint density at radius 1 is 1.00 bits per heavy atom. The maximum Gasteiger partial charge on any atom is 0.255 e. The van der Waals surface area contributed by atoms with Crippen LogP contribution in [-0.2, 0) is 0 Å². The van der Waals surface area contributed by atoms with Crippen molar-refractivity contribution in [3.63, 3.8) is 0 Å². The Kier molecular flexibility index (Phi) is 6.84. The number of carbonyl (C=O) groups excluding carboxylic acids is 1. The molecule has 2 aromatic heterocycles. The molecular formula is C25H27N3O4S. The highest BCUT2D eigenvalue weighted by Crippen LogP contribution is 2.39. The standard InChI is InChI=1S/C25H27N3O4S/c1-5-30-21-12-18(13-22(31-6-2)23(21)32-7-3)24(29)26-19-10-8-9-17(11-19)20-15-28-14-16(4)33-25(28)27-20/h8-15H,5-7H2,1-4H3,(H,26,29). The van der Waals surface area contributed by atoms with Crippen molar-refractivity contribution in [3.05, 3.63) is 59.2 Å². The molecule has 4 rings (SSSR count). The molecule has 0 spiro atoms. The minimum Gasteiger partial charge on any atom is -0.490 e. The van der Waals surface area contributed by atoms with Gasteiger partial charge >= 0.3 is 0 Å². The van der Waals surface area contributed by atoms with Gasteiger partial charge in [0.25, 0.3) is 5.91 Å². The van der Waals surface area contributed by atoms with Crippen LogP contribution in [0.15, 0.2) is 48.8 Å². The molecule has 0 unspecified atom stereocenters. The summed E-state index contributed by atoms with van der Waals surface area (Å²) in [5, 5.41) is 2.97. The molecule has 33 heavy (non-hydrogen) atoms. The minimum absolute atomic E-state index is 0.265. The number of amides is 1. The highest BCUT2D eigenvalue weighted by atomic mass is 32.1. The van der Waals surface area contributed by atoms with E-state index in [1.165, 1.54) is 4.88 Å². The van der Waals surface area contributed by atoms with Gasteiger partial charge in [0.15, 0.2) is 16.5 Å². The summed E-state index contributed by atoms with van der Waals surface area (Å²) in [6.07, 6.45) is 4.05. The van der Waals surface area contributed by atoms with Gasteiger partial charge in [0.2, 0.25) is 5.75 Å². The Bertz CT molecular complexity index is 1220. The molecule has 2 heterocycles. The average molecular weight is 466 g/mol. The summed E-state index contributed by atoms with van der Waals surface area (Å²) in [6.45, 7) is 9.07. The first-order chi connectivity index (χ1) is 16.0. The zero-order valence-electron chi connectivity index (χ0n) is 19.2. The second-order valence-electron chi connectivity index (χ2n) is 7.29.